The van der Waals surface area contributed by atoms with Gasteiger partial charge in [-0.05, 0) is 38.5 Å². The summed E-state index contributed by atoms with van der Waals surface area (Å²) in [6.07, 6.45) is 37.5. The van der Waals surface area contributed by atoms with Crippen molar-refractivity contribution in [1.82, 2.24) is 0 Å². The number of ether oxygens (including phenoxy) is 2. The Morgan fingerprint density at radius 3 is 0.846 bits per heavy atom. The van der Waals surface area contributed by atoms with Crippen LogP contribution in [0.4, 0.5) is 0 Å². The van der Waals surface area contributed by atoms with Crippen LogP contribution in [0.25, 0.3) is 0 Å². The van der Waals surface area contributed by atoms with Crippen LogP contribution in [0.1, 0.15) is 206 Å². The average Bonchev–Trinajstić information content (AvgIpc) is 3.07. The molecular formula is C44H90Cl2N2O4. The Labute approximate surface area is 337 Å². The largest absolute Gasteiger partial charge is 1.00 e. The summed E-state index contributed by atoms with van der Waals surface area (Å²) in [6.45, 7) is 9.62. The summed E-state index contributed by atoms with van der Waals surface area (Å²) in [6, 6.07) is 0. The van der Waals surface area contributed by atoms with Crippen molar-refractivity contribution in [3.05, 3.63) is 0 Å². The van der Waals surface area contributed by atoms with E-state index in [-0.39, 0.29) is 36.8 Å². The Bertz CT molecular complexity index is 705. The molecule has 0 N–H and O–H groups in total. The van der Waals surface area contributed by atoms with Gasteiger partial charge < -0.3 is 43.3 Å². The van der Waals surface area contributed by atoms with Crippen molar-refractivity contribution in [2.24, 2.45) is 0 Å². The molecular weight excluding hydrogens is 691 g/mol. The molecule has 0 aromatic rings. The maximum atomic E-state index is 12.2. The molecule has 0 unspecified atom stereocenters. The molecule has 0 rings (SSSR count). The number of likely N-dealkylation sites (N-methyl/N-ethyl adjacent to an activating group) is 2. The van der Waals surface area contributed by atoms with Gasteiger partial charge in [-0.15, -0.1) is 0 Å². The second-order valence-electron chi connectivity index (χ2n) is 16.9. The van der Waals surface area contributed by atoms with Crippen molar-refractivity contribution in [1.29, 1.82) is 0 Å². The minimum absolute atomic E-state index is 0. The van der Waals surface area contributed by atoms with E-state index in [1.54, 1.807) is 0 Å². The fourth-order valence-corrected chi connectivity index (χ4v) is 6.84. The van der Waals surface area contributed by atoms with Crippen LogP contribution in [-0.2, 0) is 19.1 Å². The normalized spacial score (nSPS) is 11.6. The van der Waals surface area contributed by atoms with E-state index in [1.807, 2.05) is 0 Å². The van der Waals surface area contributed by atoms with Gasteiger partial charge in [-0.1, -0.05) is 155 Å². The summed E-state index contributed by atoms with van der Waals surface area (Å²) in [5.41, 5.74) is 0. The quantitative estimate of drug-likeness (QED) is 0.0438. The van der Waals surface area contributed by atoms with Gasteiger partial charge >= 0.3 is 11.9 Å². The van der Waals surface area contributed by atoms with Crippen LogP contribution in [0.15, 0.2) is 0 Å². The molecule has 0 aromatic carbocycles. The zero-order chi connectivity index (χ0) is 37.0. The molecule has 0 bridgehead atoms. The second-order valence-corrected chi connectivity index (χ2v) is 16.9. The molecule has 0 aliphatic rings. The van der Waals surface area contributed by atoms with E-state index >= 15 is 0 Å². The van der Waals surface area contributed by atoms with E-state index < -0.39 is 0 Å². The fourth-order valence-electron chi connectivity index (χ4n) is 6.84. The highest BCUT2D eigenvalue weighted by atomic mass is 35.5. The predicted octanol–water partition coefficient (Wildman–Crippen LogP) is 5.98. The second kappa shape index (κ2) is 40.1. The Kier molecular flexibility index (Phi) is 43.0. The van der Waals surface area contributed by atoms with Gasteiger partial charge in [0.2, 0.25) is 0 Å². The molecule has 0 saturated heterocycles. The third-order valence-electron chi connectivity index (χ3n) is 10.7. The molecule has 0 fully saturated rings. The minimum atomic E-state index is -0.0842. The van der Waals surface area contributed by atoms with Crippen molar-refractivity contribution < 1.29 is 52.8 Å². The number of hydrogen-bond donors (Lipinski definition) is 0. The smallest absolute Gasteiger partial charge is 0.305 e. The van der Waals surface area contributed by atoms with Crippen LogP contribution in [0.3, 0.4) is 0 Å². The van der Waals surface area contributed by atoms with Gasteiger partial charge in [-0.25, -0.2) is 0 Å². The summed E-state index contributed by atoms with van der Waals surface area (Å²) in [7, 11) is 8.99. The first-order chi connectivity index (χ1) is 24.1. The molecule has 0 heterocycles. The van der Waals surface area contributed by atoms with Gasteiger partial charge in [-0.3, -0.25) is 9.59 Å². The maximum absolute atomic E-state index is 12.2. The van der Waals surface area contributed by atoms with Crippen molar-refractivity contribution in [2.45, 2.75) is 206 Å². The van der Waals surface area contributed by atoms with Gasteiger partial charge in [0, 0.05) is 12.8 Å². The van der Waals surface area contributed by atoms with Gasteiger partial charge in [-0.2, -0.15) is 0 Å². The third-order valence-corrected chi connectivity index (χ3v) is 10.7. The number of nitrogens with zero attached hydrogens (tertiary/aromatic N) is 2. The van der Waals surface area contributed by atoms with Crippen molar-refractivity contribution in [3.8, 4) is 0 Å². The first kappa shape index (κ1) is 55.8. The molecule has 314 valence electrons. The first-order valence-electron chi connectivity index (χ1n) is 22.1. The lowest BCUT2D eigenvalue weighted by Gasteiger charge is -2.29. The summed E-state index contributed by atoms with van der Waals surface area (Å²) >= 11 is 0. The summed E-state index contributed by atoms with van der Waals surface area (Å²) in [5, 5.41) is 0. The zero-order valence-corrected chi connectivity index (χ0v) is 37.3. The Hall–Kier alpha value is -0.560. The molecule has 0 atom stereocenters. The molecule has 0 aromatic heterocycles. The number of unbranched alkanes of at least 4 members (excludes halogenated alkanes) is 25. The van der Waals surface area contributed by atoms with Crippen LogP contribution in [0, 0.1) is 0 Å². The topological polar surface area (TPSA) is 52.6 Å². The molecule has 0 aliphatic heterocycles. The average molecular weight is 782 g/mol. The molecule has 6 nitrogen and oxygen atoms in total. The SMILES string of the molecule is CCCCCCCCCCCCCC[N+](C)(C)CCOC(=O)CCCCCCC(=O)OCC[N+](C)(C)CCCCCCCCCCCCCC.[Cl-].[Cl-]. The van der Waals surface area contributed by atoms with E-state index in [9.17, 15) is 9.59 Å². The highest BCUT2D eigenvalue weighted by Crippen LogP contribution is 2.15. The number of carbonyl (C=O) groups is 2. The Morgan fingerprint density at radius 2 is 0.577 bits per heavy atom. The third kappa shape index (κ3) is 42.2. The number of esters is 2. The zero-order valence-electron chi connectivity index (χ0n) is 35.7. The van der Waals surface area contributed by atoms with Gasteiger partial charge in [0.25, 0.3) is 0 Å². The molecule has 0 spiro atoms. The van der Waals surface area contributed by atoms with Crippen LogP contribution >= 0.6 is 0 Å². The van der Waals surface area contributed by atoms with Gasteiger partial charge in [0.1, 0.15) is 26.3 Å². The Morgan fingerprint density at radius 1 is 0.346 bits per heavy atom. The molecule has 52 heavy (non-hydrogen) atoms. The summed E-state index contributed by atoms with van der Waals surface area (Å²) in [4.78, 5) is 24.4. The van der Waals surface area contributed by atoms with Crippen LogP contribution in [0.2, 0.25) is 0 Å². The van der Waals surface area contributed by atoms with Crippen LogP contribution < -0.4 is 24.8 Å². The highest BCUT2D eigenvalue weighted by molar-refractivity contribution is 5.69. The molecule has 0 saturated carbocycles. The van der Waals surface area contributed by atoms with E-state index in [0.717, 1.165) is 60.8 Å². The first-order valence-corrected chi connectivity index (χ1v) is 22.1. The number of hydrogen-bond acceptors (Lipinski definition) is 4. The summed E-state index contributed by atoms with van der Waals surface area (Å²) < 4.78 is 12.9. The minimum Gasteiger partial charge on any atom is -1.00 e. The van der Waals surface area contributed by atoms with Gasteiger partial charge in [0.15, 0.2) is 0 Å². The van der Waals surface area contributed by atoms with E-state index in [2.05, 4.69) is 42.0 Å². The van der Waals surface area contributed by atoms with E-state index in [1.165, 1.54) is 154 Å². The number of carbonyl (C=O) groups excluding carboxylic acids is 2. The monoisotopic (exact) mass is 781 g/mol. The maximum Gasteiger partial charge on any atom is 0.305 e. The predicted molar refractivity (Wildman–Crippen MR) is 215 cm³/mol. The summed E-state index contributed by atoms with van der Waals surface area (Å²) in [5.74, 6) is -0.168. The lowest BCUT2D eigenvalue weighted by Crippen LogP contribution is -3.00. The number of quaternary nitrogens is 2. The standard InChI is InChI=1S/C44H90N2O4.2ClH/c1-7-9-11-13-15-17-19-21-23-25-29-33-37-45(3,4)39-41-49-43(47)35-31-27-28-32-36-44(48)50-42-40-46(5,6)38-34-30-26-24-22-20-18-16-14-12-10-8-2;;/h7-42H2,1-6H3;2*1H/q+2;;/p-2. The molecule has 8 heteroatoms. The van der Waals surface area contributed by atoms with Crippen molar-refractivity contribution in [2.75, 3.05) is 67.6 Å². The lowest BCUT2D eigenvalue weighted by molar-refractivity contribution is -0.890. The Balaban J connectivity index is -0.0000120. The molecule has 0 radical (unpaired) electrons. The molecule has 0 aliphatic carbocycles. The van der Waals surface area contributed by atoms with E-state index in [4.69, 9.17) is 9.47 Å². The van der Waals surface area contributed by atoms with Crippen molar-refractivity contribution >= 4 is 11.9 Å². The van der Waals surface area contributed by atoms with Crippen LogP contribution in [-0.4, -0.2) is 88.5 Å². The van der Waals surface area contributed by atoms with Crippen molar-refractivity contribution in [3.63, 3.8) is 0 Å². The fraction of sp³-hybridized carbons (Fsp3) is 0.955. The van der Waals surface area contributed by atoms with Crippen LogP contribution in [0.5, 0.6) is 0 Å². The highest BCUT2D eigenvalue weighted by Gasteiger charge is 2.17. The van der Waals surface area contributed by atoms with E-state index in [0.29, 0.717) is 26.1 Å². The molecule has 0 amide bonds. The lowest BCUT2D eigenvalue weighted by atomic mass is 10.1. The number of halogens is 2. The van der Waals surface area contributed by atoms with Gasteiger partial charge in [0.05, 0.1) is 41.3 Å². The number of rotatable bonds is 39.